The normalized spacial score (nSPS) is 10.9. The summed E-state index contributed by atoms with van der Waals surface area (Å²) in [7, 11) is 0. The third-order valence-corrected chi connectivity index (χ3v) is 5.91. The van der Waals surface area contributed by atoms with Crippen LogP contribution in [0.4, 0.5) is 0 Å². The number of nitrogens with zero attached hydrogens (tertiary/aromatic N) is 2. The summed E-state index contributed by atoms with van der Waals surface area (Å²) < 4.78 is 39.3. The number of aromatic nitrogens is 2. The van der Waals surface area contributed by atoms with Gasteiger partial charge in [0.25, 0.3) is 0 Å². The number of ether oxygens (including phenoxy) is 3. The van der Waals surface area contributed by atoms with E-state index in [0.717, 1.165) is 19.0 Å². The van der Waals surface area contributed by atoms with E-state index in [1.54, 1.807) is 54.7 Å². The van der Waals surface area contributed by atoms with Crippen molar-refractivity contribution in [2.24, 2.45) is 5.73 Å². The van der Waals surface area contributed by atoms with Crippen LogP contribution in [0.5, 0.6) is 0 Å². The fourth-order valence-corrected chi connectivity index (χ4v) is 2.85. The zero-order valence-electron chi connectivity index (χ0n) is 41.0. The molecule has 2 atom stereocenters. The van der Waals surface area contributed by atoms with Gasteiger partial charge in [0.1, 0.15) is 23.9 Å². The molecule has 1 saturated heterocycles. The number of aliphatic hydroxyl groups excluding tert-OH is 3. The van der Waals surface area contributed by atoms with Gasteiger partial charge in [-0.1, -0.05) is 28.7 Å². The molecule has 0 spiro atoms. The Morgan fingerprint density at radius 2 is 1.24 bits per heavy atom. The van der Waals surface area contributed by atoms with Gasteiger partial charge in [0, 0.05) is 54.2 Å². The van der Waals surface area contributed by atoms with Crippen LogP contribution in [0.15, 0.2) is 21.2 Å². The van der Waals surface area contributed by atoms with Crippen molar-refractivity contribution in [3.8, 4) is 0 Å². The first-order valence-electron chi connectivity index (χ1n) is 19.9. The van der Waals surface area contributed by atoms with E-state index in [1.165, 1.54) is 39.8 Å². The first-order valence-corrected chi connectivity index (χ1v) is 24.0. The summed E-state index contributed by atoms with van der Waals surface area (Å²) in [6.45, 7) is 19.0. The molecule has 0 saturated carbocycles. The topological polar surface area (TPSA) is 320 Å². The predicted molar refractivity (Wildman–Crippen MR) is 266 cm³/mol. The average molecular weight is 1090 g/mol. The summed E-state index contributed by atoms with van der Waals surface area (Å²) in [5.74, 6) is -1.60. The number of aryl methyl sites for hydroxylation is 2. The number of ketones is 5. The average Bonchev–Trinajstić information content (AvgIpc) is 4.02. The van der Waals surface area contributed by atoms with Gasteiger partial charge in [-0.05, 0) is 113 Å². The van der Waals surface area contributed by atoms with Crippen molar-refractivity contribution >= 4 is 114 Å². The van der Waals surface area contributed by atoms with Gasteiger partial charge in [0.2, 0.25) is 5.89 Å². The van der Waals surface area contributed by atoms with E-state index in [0.29, 0.717) is 38.1 Å². The van der Waals surface area contributed by atoms with Crippen molar-refractivity contribution in [1.82, 2.24) is 9.97 Å². The van der Waals surface area contributed by atoms with E-state index in [1.807, 2.05) is 0 Å². The van der Waals surface area contributed by atoms with Crippen LogP contribution in [0.25, 0.3) is 0 Å². The third-order valence-electron chi connectivity index (χ3n) is 5.76. The molecule has 0 aromatic carbocycles. The number of oxazole rings is 2. The van der Waals surface area contributed by atoms with Crippen molar-refractivity contribution in [1.29, 1.82) is 0 Å². The number of esters is 2. The van der Waals surface area contributed by atoms with Crippen LogP contribution in [-0.4, -0.2) is 134 Å². The van der Waals surface area contributed by atoms with Crippen LogP contribution in [0.3, 0.4) is 0 Å². The number of rotatable bonds is 14. The van der Waals surface area contributed by atoms with Gasteiger partial charge in [0.15, 0.2) is 40.5 Å². The number of hydrogen-bond donors (Lipinski definition) is 4. The van der Waals surface area contributed by atoms with E-state index in [-0.39, 0.29) is 103 Å². The van der Waals surface area contributed by atoms with E-state index in [9.17, 15) is 42.9 Å². The molecule has 27 heteroatoms. The van der Waals surface area contributed by atoms with Crippen molar-refractivity contribution in [2.75, 3.05) is 33.0 Å². The molecule has 0 bridgehead atoms. The van der Waals surface area contributed by atoms with E-state index in [4.69, 9.17) is 47.6 Å². The van der Waals surface area contributed by atoms with Crippen molar-refractivity contribution in [3.63, 3.8) is 0 Å². The van der Waals surface area contributed by atoms with Gasteiger partial charge in [-0.2, -0.15) is 0 Å². The number of nitrogens with two attached hydrogens (primary N) is 1. The summed E-state index contributed by atoms with van der Waals surface area (Å²) in [5, 5.41) is 21.1. The standard InChI is InChI=1S/C7H9NO3.C7H12O3.C7H10O3.C5H7NO2.C4H5ClO3.C4H8O.C3H9NO.C2H6.2CH4.Al.Cl3OP.Li.4H/c1-3-10-7(9)6-8-4-5(2)11-6;2*1-5(8)3-4-7(10)6(2)9;1-4-2-6-5(3-7)8-4;1-2-8-4(7)3(5)6;1-2-4-5-3-1;1-3(5)2-4;1-2;;;;1-5(2,3)4;;;;;/h4H,3H2,1-2H3;5,8H,3-4H2,1-2H3;3-4H2,1-2H3;2,7H,3H2,1H3;2H2,1H3;1-4H2;3,5H,2,4H2,1H3;1-2H3;2*1H4;;;;;;;/q;;;;;;;;;;;;+1;;;;-1/i;;;;;;;1D;;;;;;;;;. The number of halogens is 4. The summed E-state index contributed by atoms with van der Waals surface area (Å²) in [5.41, 5.74) is 4.92. The number of carbonyl (C=O) groups excluding carboxylic acids is 8. The van der Waals surface area contributed by atoms with Crippen LogP contribution in [-0.2, 0) is 58.9 Å². The largest absolute Gasteiger partial charge is 1.00 e. The van der Waals surface area contributed by atoms with Gasteiger partial charge in [-0.25, -0.2) is 19.6 Å². The van der Waals surface area contributed by atoms with Crippen molar-refractivity contribution < 1.29 is 103 Å². The second-order valence-corrected chi connectivity index (χ2v) is 18.8. The van der Waals surface area contributed by atoms with E-state index >= 15 is 0 Å². The predicted octanol–water partition coefficient (Wildman–Crippen LogP) is 3.93. The first-order chi connectivity index (χ1) is 30.0. The fraction of sp³-hybridized carbons (Fsp3) is 0.659. The Kier molecular flexibility index (Phi) is 74.2. The van der Waals surface area contributed by atoms with Gasteiger partial charge >= 0.3 is 47.1 Å². The minimum absolute atomic E-state index is 0. The number of Topliss-reactive ketones (excluding diaryl/α,β-unsaturated/α-hetero) is 5. The second kappa shape index (κ2) is 59.0. The molecule has 1 aliphatic rings. The summed E-state index contributed by atoms with van der Waals surface area (Å²) in [6, 6.07) is 0. The quantitative estimate of drug-likeness (QED) is 0.0684. The first kappa shape index (κ1) is 85.5. The van der Waals surface area contributed by atoms with Crippen molar-refractivity contribution in [3.05, 3.63) is 35.7 Å². The summed E-state index contributed by atoms with van der Waals surface area (Å²) >= 11 is 18.5. The Hall–Kier alpha value is -2.30. The van der Waals surface area contributed by atoms with Crippen LogP contribution in [0.1, 0.15) is 147 Å². The molecule has 2 aromatic heterocycles. The van der Waals surface area contributed by atoms with Gasteiger partial charge in [0.05, 0.1) is 37.8 Å². The second-order valence-electron chi connectivity index (χ2n) is 11.9. The Labute approximate surface area is 447 Å². The summed E-state index contributed by atoms with van der Waals surface area (Å²) in [4.78, 5) is 90.2. The minimum atomic E-state index is -3.22. The maximum atomic E-state index is 10.9. The Balaban J connectivity index is -0.0000000628. The Bertz CT molecular complexity index is 1660. The van der Waals surface area contributed by atoms with E-state index < -0.39 is 51.6 Å². The zero-order valence-corrected chi connectivity index (χ0v) is 42.9. The van der Waals surface area contributed by atoms with E-state index in [2.05, 4.69) is 53.2 Å². The zero-order chi connectivity index (χ0) is 52.1. The Morgan fingerprint density at radius 3 is 1.46 bits per heavy atom. The molecule has 3 heterocycles. The maximum Gasteiger partial charge on any atom is 1.00 e. The molecule has 3 rings (SSSR count). The molecule has 2 unspecified atom stereocenters. The molecule has 1 fully saturated rings. The maximum absolute atomic E-state index is 10.9. The van der Waals surface area contributed by atoms with Crippen LogP contribution >= 0.6 is 50.5 Å². The van der Waals surface area contributed by atoms with Gasteiger partial charge in [-0.15, -0.1) is 0 Å². The molecule has 2 aromatic rings. The summed E-state index contributed by atoms with van der Waals surface area (Å²) in [6.07, 6.45) is 5.55. The fourth-order valence-electron chi connectivity index (χ4n) is 2.80. The number of aliphatic hydroxyl groups is 3. The smallest absolute Gasteiger partial charge is 1.00 e. The molecular formula is C41H78AlCl4LiN3O17P. The third kappa shape index (κ3) is 77.9. The Morgan fingerprint density at radius 1 is 0.838 bits per heavy atom. The number of hydrogen-bond acceptors (Lipinski definition) is 20. The molecule has 0 radical (unpaired) electrons. The van der Waals surface area contributed by atoms with Crippen molar-refractivity contribution in [2.45, 2.75) is 148 Å². The molecule has 20 nitrogen and oxygen atoms in total. The minimum Gasteiger partial charge on any atom is -1.00 e. The van der Waals surface area contributed by atoms with Gasteiger partial charge < -0.3 is 50.3 Å². The van der Waals surface area contributed by atoms with Crippen LogP contribution in [0, 0.1) is 13.8 Å². The van der Waals surface area contributed by atoms with Gasteiger partial charge in [-0.3, -0.25) is 28.5 Å². The SMILES string of the molecule is C.C.C1CCOC1.CC(=O)C(=O)CCC(C)O.CC(=O)CCC(=O)C(C)=O.CC(O)CN.CCOC(=O)C(=O)Cl.CCOC(=O)c1ncc(C)o1.Cc1cnc(CO)o1.O=P(Cl)(Cl)Cl.[2H]CC.[AlH3].[H-].[Li+]. The molecule has 68 heavy (non-hydrogen) atoms. The van der Waals surface area contributed by atoms with Crippen LogP contribution in [0.2, 0.25) is 0 Å². The molecule has 0 amide bonds. The molecule has 1 aliphatic heterocycles. The molecule has 396 valence electrons. The monoisotopic (exact) mass is 1090 g/mol. The molecule has 5 N–H and O–H groups in total. The molecule has 0 aliphatic carbocycles. The molecular weight excluding hydrogens is 1010 g/mol. The number of carbonyl (C=O) groups is 8. The van der Waals surface area contributed by atoms with Crippen LogP contribution < -0.4 is 24.6 Å².